The minimum atomic E-state index is 0.519. The molecule has 76 valence electrons. The average Bonchev–Trinajstić information content (AvgIpc) is 2.53. The summed E-state index contributed by atoms with van der Waals surface area (Å²) in [4.78, 5) is 0. The smallest absolute Gasteiger partial charge is 0.0183 e. The van der Waals surface area contributed by atoms with Gasteiger partial charge in [-0.3, -0.25) is 0 Å². The van der Waals surface area contributed by atoms with Gasteiger partial charge in [-0.25, -0.2) is 0 Å². The normalized spacial score (nSPS) is 16.3. The fourth-order valence-electron chi connectivity index (χ4n) is 1.32. The predicted molar refractivity (Wildman–Crippen MR) is 66.1 cm³/mol. The Labute approximate surface area is 91.4 Å². The highest BCUT2D eigenvalue weighted by molar-refractivity contribution is 5.44. The molecule has 1 heteroatoms. The molecule has 1 aliphatic rings. The molecule has 0 unspecified atom stereocenters. The van der Waals surface area contributed by atoms with Crippen LogP contribution in [0.4, 0.5) is 0 Å². The van der Waals surface area contributed by atoms with E-state index in [-0.39, 0.29) is 0 Å². The summed E-state index contributed by atoms with van der Waals surface area (Å²) in [6.07, 6.45) is 21.9. The molecule has 0 atom stereocenters. The Morgan fingerprint density at radius 2 is 2.40 bits per heavy atom. The van der Waals surface area contributed by atoms with E-state index in [1.807, 2.05) is 24.3 Å². The highest BCUT2D eigenvalue weighted by atomic mass is 14.5. The standard InChI is InChI=1S/C14H15N/c1-2-3-6-11-14(12-15)13-9-7-4-5-8-10-13/h1,3-7,9-11H,8,12,15H2/b6-3-,14-11+. The van der Waals surface area contributed by atoms with Crippen molar-refractivity contribution in [2.24, 2.45) is 5.73 Å². The van der Waals surface area contributed by atoms with E-state index >= 15 is 0 Å². The maximum absolute atomic E-state index is 5.69. The van der Waals surface area contributed by atoms with E-state index < -0.39 is 0 Å². The minimum absolute atomic E-state index is 0.519. The van der Waals surface area contributed by atoms with Crippen molar-refractivity contribution < 1.29 is 0 Å². The number of hydrogen-bond donors (Lipinski definition) is 1. The topological polar surface area (TPSA) is 26.0 Å². The molecule has 0 spiro atoms. The highest BCUT2D eigenvalue weighted by Gasteiger charge is 1.98. The first-order valence-corrected chi connectivity index (χ1v) is 4.94. The van der Waals surface area contributed by atoms with Gasteiger partial charge < -0.3 is 5.73 Å². The lowest BCUT2D eigenvalue weighted by molar-refractivity contribution is 1.15. The lowest BCUT2D eigenvalue weighted by Gasteiger charge is -2.03. The van der Waals surface area contributed by atoms with E-state index in [1.165, 1.54) is 5.57 Å². The summed E-state index contributed by atoms with van der Waals surface area (Å²) in [6.45, 7) is 0.519. The SMILES string of the molecule is C#C/C=C\C=C(/CN)C1=CCC=CC=C1. The third-order valence-corrected chi connectivity index (χ3v) is 2.08. The van der Waals surface area contributed by atoms with E-state index in [0.29, 0.717) is 6.54 Å². The van der Waals surface area contributed by atoms with E-state index in [1.54, 1.807) is 6.08 Å². The van der Waals surface area contributed by atoms with Crippen molar-refractivity contribution >= 4 is 0 Å². The van der Waals surface area contributed by atoms with Gasteiger partial charge in [0, 0.05) is 6.54 Å². The first-order valence-electron chi connectivity index (χ1n) is 4.94. The molecule has 0 saturated carbocycles. The molecule has 0 aromatic carbocycles. The Morgan fingerprint density at radius 3 is 3.13 bits per heavy atom. The Kier molecular flexibility index (Phi) is 5.00. The molecule has 0 radical (unpaired) electrons. The molecule has 0 aromatic rings. The average molecular weight is 197 g/mol. The first kappa shape index (κ1) is 11.3. The van der Waals surface area contributed by atoms with Crippen LogP contribution < -0.4 is 5.73 Å². The van der Waals surface area contributed by atoms with E-state index in [9.17, 15) is 0 Å². The van der Waals surface area contributed by atoms with Gasteiger partial charge in [0.05, 0.1) is 0 Å². The molecule has 15 heavy (non-hydrogen) atoms. The molecule has 2 N–H and O–H groups in total. The van der Waals surface area contributed by atoms with Gasteiger partial charge in [0.2, 0.25) is 0 Å². The van der Waals surface area contributed by atoms with Gasteiger partial charge >= 0.3 is 0 Å². The molecule has 0 heterocycles. The molecular formula is C14H15N. The van der Waals surface area contributed by atoms with E-state index in [2.05, 4.69) is 24.1 Å². The van der Waals surface area contributed by atoms with E-state index in [4.69, 9.17) is 12.2 Å². The Hall–Kier alpha value is -1.78. The zero-order chi connectivity index (χ0) is 10.9. The van der Waals surface area contributed by atoms with Crippen molar-refractivity contribution in [2.75, 3.05) is 6.54 Å². The van der Waals surface area contributed by atoms with E-state index in [0.717, 1.165) is 12.0 Å². The lowest BCUT2D eigenvalue weighted by Crippen LogP contribution is -2.04. The fourth-order valence-corrected chi connectivity index (χ4v) is 1.32. The van der Waals surface area contributed by atoms with Crippen LogP contribution in [0.25, 0.3) is 0 Å². The van der Waals surface area contributed by atoms with Gasteiger partial charge in [-0.05, 0) is 23.6 Å². The maximum Gasteiger partial charge on any atom is 0.0183 e. The van der Waals surface area contributed by atoms with Gasteiger partial charge in [0.25, 0.3) is 0 Å². The van der Waals surface area contributed by atoms with Crippen LogP contribution in [-0.4, -0.2) is 6.54 Å². The number of nitrogens with two attached hydrogens (primary N) is 1. The summed E-state index contributed by atoms with van der Waals surface area (Å²) in [5.74, 6) is 2.45. The zero-order valence-corrected chi connectivity index (χ0v) is 8.69. The second kappa shape index (κ2) is 6.64. The summed E-state index contributed by atoms with van der Waals surface area (Å²) in [6, 6.07) is 0. The van der Waals surface area contributed by atoms with Gasteiger partial charge in [-0.1, -0.05) is 48.5 Å². The number of rotatable bonds is 3. The second-order valence-corrected chi connectivity index (χ2v) is 3.10. The lowest BCUT2D eigenvalue weighted by atomic mass is 10.0. The zero-order valence-electron chi connectivity index (χ0n) is 8.69. The summed E-state index contributed by atoms with van der Waals surface area (Å²) in [7, 11) is 0. The van der Waals surface area contributed by atoms with Crippen LogP contribution in [-0.2, 0) is 0 Å². The van der Waals surface area contributed by atoms with Crippen LogP contribution in [0.1, 0.15) is 6.42 Å². The van der Waals surface area contributed by atoms with Crippen molar-refractivity contribution in [1.82, 2.24) is 0 Å². The fraction of sp³-hybridized carbons (Fsp3) is 0.143. The number of allylic oxidation sites excluding steroid dienone is 8. The molecule has 1 nitrogen and oxygen atoms in total. The number of terminal acetylenes is 1. The summed E-state index contributed by atoms with van der Waals surface area (Å²) in [5, 5.41) is 0. The minimum Gasteiger partial charge on any atom is -0.326 e. The van der Waals surface area contributed by atoms with Gasteiger partial charge in [0.1, 0.15) is 0 Å². The van der Waals surface area contributed by atoms with Gasteiger partial charge in [-0.15, -0.1) is 6.42 Å². The quantitative estimate of drug-likeness (QED) is 0.546. The predicted octanol–water partition coefficient (Wildman–Crippen LogP) is 2.50. The first-order chi connectivity index (χ1) is 7.38. The van der Waals surface area contributed by atoms with Crippen LogP contribution in [0.15, 0.2) is 59.8 Å². The molecule has 0 fully saturated rings. The largest absolute Gasteiger partial charge is 0.326 e. The molecule has 1 rings (SSSR count). The second-order valence-electron chi connectivity index (χ2n) is 3.10. The van der Waals surface area contributed by atoms with Crippen LogP contribution in [0.2, 0.25) is 0 Å². The summed E-state index contributed by atoms with van der Waals surface area (Å²) in [5.41, 5.74) is 7.96. The molecule has 0 amide bonds. The van der Waals surface area contributed by atoms with Crippen molar-refractivity contribution in [1.29, 1.82) is 0 Å². The van der Waals surface area contributed by atoms with Crippen LogP contribution in [0, 0.1) is 12.3 Å². The van der Waals surface area contributed by atoms with Gasteiger partial charge in [0.15, 0.2) is 0 Å². The molecule has 1 aliphatic carbocycles. The van der Waals surface area contributed by atoms with Crippen LogP contribution in [0.3, 0.4) is 0 Å². The Morgan fingerprint density at radius 1 is 1.53 bits per heavy atom. The third-order valence-electron chi connectivity index (χ3n) is 2.08. The monoisotopic (exact) mass is 197 g/mol. The van der Waals surface area contributed by atoms with Gasteiger partial charge in [-0.2, -0.15) is 0 Å². The molecular weight excluding hydrogens is 182 g/mol. The summed E-state index contributed by atoms with van der Waals surface area (Å²) >= 11 is 0. The molecule has 0 saturated heterocycles. The highest BCUT2D eigenvalue weighted by Crippen LogP contribution is 2.14. The van der Waals surface area contributed by atoms with Crippen LogP contribution in [0.5, 0.6) is 0 Å². The Bertz CT molecular complexity index is 384. The van der Waals surface area contributed by atoms with Crippen LogP contribution >= 0.6 is 0 Å². The van der Waals surface area contributed by atoms with Crippen molar-refractivity contribution in [2.45, 2.75) is 6.42 Å². The van der Waals surface area contributed by atoms with Crippen molar-refractivity contribution in [3.63, 3.8) is 0 Å². The van der Waals surface area contributed by atoms with Crippen molar-refractivity contribution in [3.05, 3.63) is 59.8 Å². The maximum atomic E-state index is 5.69. The Balaban J connectivity index is 2.83. The third kappa shape index (κ3) is 3.84. The molecule has 0 bridgehead atoms. The van der Waals surface area contributed by atoms with Crippen molar-refractivity contribution in [3.8, 4) is 12.3 Å². The number of hydrogen-bond acceptors (Lipinski definition) is 1. The molecule has 0 aromatic heterocycles. The summed E-state index contributed by atoms with van der Waals surface area (Å²) < 4.78 is 0. The molecule has 0 aliphatic heterocycles.